The Balaban J connectivity index is 1.52. The highest BCUT2D eigenvalue weighted by molar-refractivity contribution is 6.01. The van der Waals surface area contributed by atoms with Crippen LogP contribution in [0.15, 0.2) is 66.0 Å². The van der Waals surface area contributed by atoms with Crippen molar-refractivity contribution in [3.05, 3.63) is 71.5 Å². The molecule has 130 valence electrons. The third-order valence-electron chi connectivity index (χ3n) is 4.58. The van der Waals surface area contributed by atoms with E-state index in [1.807, 2.05) is 24.3 Å². The molecule has 0 fully saturated rings. The molecule has 0 atom stereocenters. The van der Waals surface area contributed by atoms with Gasteiger partial charge in [0.1, 0.15) is 18.1 Å². The quantitative estimate of drug-likeness (QED) is 0.736. The van der Waals surface area contributed by atoms with E-state index in [4.69, 9.17) is 4.74 Å². The number of ether oxygens (including phenoxy) is 1. The number of para-hydroxylation sites is 1. The van der Waals surface area contributed by atoms with Crippen LogP contribution in [0.1, 0.15) is 51.0 Å². The van der Waals surface area contributed by atoms with Gasteiger partial charge in [0.15, 0.2) is 5.71 Å². The lowest BCUT2D eigenvalue weighted by molar-refractivity contribution is -0.456. The maximum atomic E-state index is 6.01. The molecule has 25 heavy (non-hydrogen) atoms. The van der Waals surface area contributed by atoms with Crippen molar-refractivity contribution in [1.29, 1.82) is 0 Å². The van der Waals surface area contributed by atoms with Crippen LogP contribution in [0.4, 0.5) is 0 Å². The molecular weight excluding hydrogens is 306 g/mol. The topological polar surface area (TPSA) is 23.2 Å². The van der Waals surface area contributed by atoms with Gasteiger partial charge in [0.05, 0.1) is 0 Å². The Morgan fingerprint density at radius 3 is 2.40 bits per heavy atom. The van der Waals surface area contributed by atoms with Gasteiger partial charge in [-0.1, -0.05) is 50.8 Å². The first-order valence-electron chi connectivity index (χ1n) is 9.53. The van der Waals surface area contributed by atoms with Crippen LogP contribution in [0.3, 0.4) is 0 Å². The summed E-state index contributed by atoms with van der Waals surface area (Å²) in [4.78, 5) is 3.51. The number of rotatable bonds is 7. The second-order valence-electron chi connectivity index (χ2n) is 6.61. The van der Waals surface area contributed by atoms with Gasteiger partial charge in [-0.3, -0.25) is 0 Å². The minimum Gasteiger partial charge on any atom is -0.456 e. The maximum absolute atomic E-state index is 6.01. The van der Waals surface area contributed by atoms with Crippen molar-refractivity contribution in [2.24, 2.45) is 0 Å². The molecule has 1 aromatic rings. The molecule has 1 aliphatic carbocycles. The Kier molecular flexibility index (Phi) is 6.44. The molecular formula is C23H28NO+. The molecule has 2 aliphatic rings. The van der Waals surface area contributed by atoms with Crippen LogP contribution in [0, 0.1) is 0 Å². The molecule has 0 spiro atoms. The number of hydrogen-bond acceptors (Lipinski definition) is 1. The predicted molar refractivity (Wildman–Crippen MR) is 106 cm³/mol. The molecule has 0 amide bonds. The van der Waals surface area contributed by atoms with E-state index in [1.54, 1.807) is 0 Å². The van der Waals surface area contributed by atoms with Crippen LogP contribution in [0.2, 0.25) is 0 Å². The SMILES string of the molecule is CCCCCCCC[NH+]=C1C=CC(=C2C=Cc3ccccc3O2)C=C1. The van der Waals surface area contributed by atoms with Crippen molar-refractivity contribution < 1.29 is 9.73 Å². The second-order valence-corrected chi connectivity index (χ2v) is 6.61. The Morgan fingerprint density at radius 1 is 0.800 bits per heavy atom. The Labute approximate surface area is 151 Å². The van der Waals surface area contributed by atoms with Crippen LogP contribution in [0.5, 0.6) is 5.75 Å². The molecule has 1 heterocycles. The number of nitrogens with one attached hydrogen (secondary N) is 1. The molecule has 0 aromatic heterocycles. The summed E-state index contributed by atoms with van der Waals surface area (Å²) in [5.41, 5.74) is 3.41. The van der Waals surface area contributed by atoms with Gasteiger partial charge in [0, 0.05) is 29.7 Å². The third kappa shape index (κ3) is 5.06. The molecule has 0 unspecified atom stereocenters. The lowest BCUT2D eigenvalue weighted by Gasteiger charge is -2.16. The molecule has 3 rings (SSSR count). The minimum atomic E-state index is 0.904. The highest BCUT2D eigenvalue weighted by Gasteiger charge is 2.12. The van der Waals surface area contributed by atoms with Crippen LogP contribution < -0.4 is 9.73 Å². The Bertz CT molecular complexity index is 716. The molecule has 1 aromatic carbocycles. The van der Waals surface area contributed by atoms with Crippen molar-refractivity contribution in [2.45, 2.75) is 45.4 Å². The normalized spacial score (nSPS) is 15.3. The van der Waals surface area contributed by atoms with E-state index in [0.717, 1.165) is 29.2 Å². The summed E-state index contributed by atoms with van der Waals surface area (Å²) < 4.78 is 6.01. The molecule has 1 N–H and O–H groups in total. The van der Waals surface area contributed by atoms with Crippen LogP contribution >= 0.6 is 0 Å². The van der Waals surface area contributed by atoms with E-state index in [0.29, 0.717) is 0 Å². The van der Waals surface area contributed by atoms with Gasteiger partial charge in [-0.05, 0) is 36.8 Å². The van der Waals surface area contributed by atoms with Crippen molar-refractivity contribution in [1.82, 2.24) is 0 Å². The average molecular weight is 334 g/mol. The zero-order valence-corrected chi connectivity index (χ0v) is 15.1. The van der Waals surface area contributed by atoms with Gasteiger partial charge >= 0.3 is 0 Å². The lowest BCUT2D eigenvalue weighted by Crippen LogP contribution is -2.72. The predicted octanol–water partition coefficient (Wildman–Crippen LogP) is 4.35. The van der Waals surface area contributed by atoms with Crippen molar-refractivity contribution in [2.75, 3.05) is 6.54 Å². The van der Waals surface area contributed by atoms with E-state index in [1.165, 1.54) is 44.2 Å². The monoisotopic (exact) mass is 334 g/mol. The van der Waals surface area contributed by atoms with Gasteiger partial charge in [0.2, 0.25) is 0 Å². The standard InChI is InChI=1S/C23H27NO/c1-2-3-4-5-6-9-18-24-21-15-12-20(13-16-21)23-17-14-19-10-7-8-11-22(19)25-23/h7-8,10-17H,2-6,9,18H2,1H3/p+1. The largest absolute Gasteiger partial charge is 0.456 e. The first kappa shape index (κ1) is 17.5. The molecule has 0 bridgehead atoms. The average Bonchev–Trinajstić information content (AvgIpc) is 2.67. The van der Waals surface area contributed by atoms with Crippen molar-refractivity contribution in [3.63, 3.8) is 0 Å². The minimum absolute atomic E-state index is 0.904. The van der Waals surface area contributed by atoms with Crippen molar-refractivity contribution >= 4 is 11.8 Å². The molecule has 0 saturated heterocycles. The fraction of sp³-hybridized carbons (Fsp3) is 0.348. The number of benzene rings is 1. The number of allylic oxidation sites excluding steroid dienone is 6. The van der Waals surface area contributed by atoms with Gasteiger partial charge in [-0.2, -0.15) is 0 Å². The van der Waals surface area contributed by atoms with Crippen LogP contribution in [0.25, 0.3) is 6.08 Å². The molecule has 0 saturated carbocycles. The fourth-order valence-electron chi connectivity index (χ4n) is 3.07. The summed E-state index contributed by atoms with van der Waals surface area (Å²) >= 11 is 0. The lowest BCUT2D eigenvalue weighted by atomic mass is 10.0. The van der Waals surface area contributed by atoms with Crippen molar-refractivity contribution in [3.8, 4) is 5.75 Å². The van der Waals surface area contributed by atoms with Gasteiger partial charge in [0.25, 0.3) is 0 Å². The smallest absolute Gasteiger partial charge is 0.198 e. The van der Waals surface area contributed by atoms with Gasteiger partial charge in [-0.25, -0.2) is 4.99 Å². The summed E-state index contributed by atoms with van der Waals surface area (Å²) in [5, 5.41) is 0. The summed E-state index contributed by atoms with van der Waals surface area (Å²) in [5.74, 6) is 1.83. The number of fused-ring (bicyclic) bond motifs is 1. The zero-order chi connectivity index (χ0) is 17.3. The summed E-state index contributed by atoms with van der Waals surface area (Å²) in [7, 11) is 0. The second kappa shape index (κ2) is 9.22. The maximum Gasteiger partial charge on any atom is 0.198 e. The molecule has 1 aliphatic heterocycles. The van der Waals surface area contributed by atoms with E-state index in [-0.39, 0.29) is 0 Å². The summed E-state index contributed by atoms with van der Waals surface area (Å²) in [6.45, 7) is 3.31. The van der Waals surface area contributed by atoms with E-state index in [2.05, 4.69) is 48.4 Å². The molecule has 0 radical (unpaired) electrons. The number of hydrogen-bond donors (Lipinski definition) is 1. The zero-order valence-electron chi connectivity index (χ0n) is 15.1. The fourth-order valence-corrected chi connectivity index (χ4v) is 3.07. The highest BCUT2D eigenvalue weighted by Crippen LogP contribution is 2.29. The highest BCUT2D eigenvalue weighted by atomic mass is 16.5. The third-order valence-corrected chi connectivity index (χ3v) is 4.58. The Morgan fingerprint density at radius 2 is 1.56 bits per heavy atom. The Hall–Kier alpha value is -2.35. The van der Waals surface area contributed by atoms with E-state index in [9.17, 15) is 0 Å². The summed E-state index contributed by atoms with van der Waals surface area (Å²) in [6.07, 6.45) is 20.6. The van der Waals surface area contributed by atoms with Crippen LogP contribution in [-0.2, 0) is 0 Å². The first-order chi connectivity index (χ1) is 12.4. The first-order valence-corrected chi connectivity index (χ1v) is 9.53. The number of unbranched alkanes of at least 4 members (excludes halogenated alkanes) is 5. The van der Waals surface area contributed by atoms with Crippen LogP contribution in [-0.4, -0.2) is 12.3 Å². The van der Waals surface area contributed by atoms with Gasteiger partial charge < -0.3 is 4.74 Å². The molecule has 2 heteroatoms. The summed E-state index contributed by atoms with van der Waals surface area (Å²) in [6, 6.07) is 8.11. The van der Waals surface area contributed by atoms with E-state index < -0.39 is 0 Å². The molecule has 2 nitrogen and oxygen atoms in total. The van der Waals surface area contributed by atoms with Gasteiger partial charge in [-0.15, -0.1) is 0 Å². The van der Waals surface area contributed by atoms with E-state index >= 15 is 0 Å².